The topological polar surface area (TPSA) is 72.4 Å². The van der Waals surface area contributed by atoms with Crippen LogP contribution in [0.3, 0.4) is 0 Å². The van der Waals surface area contributed by atoms with Gasteiger partial charge in [0.2, 0.25) is 0 Å². The van der Waals surface area contributed by atoms with E-state index < -0.39 is 5.60 Å². The normalized spacial score (nSPS) is 20.8. The molecule has 0 aliphatic carbocycles. The summed E-state index contributed by atoms with van der Waals surface area (Å²) >= 11 is 0. The van der Waals surface area contributed by atoms with Crippen LogP contribution in [-0.2, 0) is 17.8 Å². The van der Waals surface area contributed by atoms with E-state index >= 15 is 0 Å². The van der Waals surface area contributed by atoms with Gasteiger partial charge < -0.3 is 20.5 Å². The Kier molecular flexibility index (Phi) is 8.93. The monoisotopic (exact) mass is 417 g/mol. The molecule has 0 amide bonds. The molecule has 2 aliphatic rings. The molecule has 2 saturated heterocycles. The predicted molar refractivity (Wildman–Crippen MR) is 122 cm³/mol. The van der Waals surface area contributed by atoms with Crippen molar-refractivity contribution in [3.63, 3.8) is 0 Å². The Morgan fingerprint density at radius 2 is 1.70 bits per heavy atom. The molecule has 0 spiro atoms. The van der Waals surface area contributed by atoms with Gasteiger partial charge in [-0.1, -0.05) is 24.3 Å². The largest absolute Gasteiger partial charge is 0.387 e. The molecule has 0 bridgehead atoms. The maximum Gasteiger partial charge on any atom is 0.191 e. The molecule has 1 aromatic carbocycles. The van der Waals surface area contributed by atoms with Crippen LogP contribution in [0.4, 0.5) is 0 Å². The first kappa shape index (κ1) is 23.0. The molecule has 1 atom stereocenters. The summed E-state index contributed by atoms with van der Waals surface area (Å²) in [4.78, 5) is 9.47. The first-order valence-electron chi connectivity index (χ1n) is 11.4. The highest BCUT2D eigenvalue weighted by atomic mass is 16.5. The summed E-state index contributed by atoms with van der Waals surface area (Å²) in [6.07, 6.45) is 2.65. The fraction of sp³-hybridized carbons (Fsp3) is 0.696. The quantitative estimate of drug-likeness (QED) is 0.417. The number of ether oxygens (including phenoxy) is 1. The highest BCUT2D eigenvalue weighted by molar-refractivity contribution is 5.79. The Labute approximate surface area is 181 Å². The van der Waals surface area contributed by atoms with Crippen molar-refractivity contribution in [3.8, 4) is 0 Å². The van der Waals surface area contributed by atoms with Crippen molar-refractivity contribution in [2.75, 3.05) is 59.0 Å². The van der Waals surface area contributed by atoms with Crippen molar-refractivity contribution in [2.45, 2.75) is 45.4 Å². The summed E-state index contributed by atoms with van der Waals surface area (Å²) in [5, 5.41) is 17.4. The molecule has 7 heteroatoms. The second kappa shape index (κ2) is 11.6. The van der Waals surface area contributed by atoms with Crippen molar-refractivity contribution in [1.29, 1.82) is 0 Å². The van der Waals surface area contributed by atoms with Gasteiger partial charge in [0, 0.05) is 39.3 Å². The number of β-amino-alcohol motifs (C(OH)–C–C–N with tert-alkyl or cyclic N) is 1. The average Bonchev–Trinajstić information content (AvgIpc) is 3.25. The number of rotatable bonds is 9. The lowest BCUT2D eigenvalue weighted by atomic mass is 10.1. The number of guanidine groups is 1. The maximum absolute atomic E-state index is 10.8. The number of morpholine rings is 1. The molecule has 1 aromatic rings. The zero-order valence-electron chi connectivity index (χ0n) is 18.7. The maximum atomic E-state index is 10.8. The molecule has 2 aliphatic heterocycles. The molecule has 7 nitrogen and oxygen atoms in total. The molecular weight excluding hydrogens is 378 g/mol. The van der Waals surface area contributed by atoms with Crippen LogP contribution in [0.2, 0.25) is 0 Å². The minimum atomic E-state index is -0.829. The zero-order valence-corrected chi connectivity index (χ0v) is 18.7. The lowest BCUT2D eigenvalue weighted by Gasteiger charge is -2.34. The van der Waals surface area contributed by atoms with Crippen molar-refractivity contribution >= 4 is 5.96 Å². The summed E-state index contributed by atoms with van der Waals surface area (Å²) in [6.45, 7) is 13.1. The summed E-state index contributed by atoms with van der Waals surface area (Å²) in [6, 6.07) is 8.79. The van der Waals surface area contributed by atoms with Crippen molar-refractivity contribution in [2.24, 2.45) is 4.99 Å². The molecule has 30 heavy (non-hydrogen) atoms. The molecule has 0 aromatic heterocycles. The van der Waals surface area contributed by atoms with E-state index in [2.05, 4.69) is 51.6 Å². The molecule has 168 valence electrons. The van der Waals surface area contributed by atoms with Crippen LogP contribution in [-0.4, -0.2) is 85.5 Å². The Morgan fingerprint density at radius 1 is 1.03 bits per heavy atom. The van der Waals surface area contributed by atoms with Crippen LogP contribution in [0.5, 0.6) is 0 Å². The van der Waals surface area contributed by atoms with E-state index in [1.807, 2.05) is 6.92 Å². The molecule has 1 unspecified atom stereocenters. The summed E-state index contributed by atoms with van der Waals surface area (Å²) < 4.78 is 5.39. The lowest BCUT2D eigenvalue weighted by Crippen LogP contribution is -2.52. The number of benzene rings is 1. The number of nitrogens with zero attached hydrogens (tertiary/aromatic N) is 3. The predicted octanol–water partition coefficient (Wildman–Crippen LogP) is 1.42. The summed E-state index contributed by atoms with van der Waals surface area (Å²) in [5.74, 6) is 0.737. The van der Waals surface area contributed by atoms with Crippen LogP contribution in [0.15, 0.2) is 29.3 Å². The van der Waals surface area contributed by atoms with Crippen LogP contribution >= 0.6 is 0 Å². The van der Waals surface area contributed by atoms with Gasteiger partial charge >= 0.3 is 0 Å². The van der Waals surface area contributed by atoms with Crippen LogP contribution < -0.4 is 10.6 Å². The van der Waals surface area contributed by atoms with E-state index in [-0.39, 0.29) is 0 Å². The van der Waals surface area contributed by atoms with E-state index in [4.69, 9.17) is 9.73 Å². The Morgan fingerprint density at radius 3 is 2.37 bits per heavy atom. The van der Waals surface area contributed by atoms with E-state index in [1.165, 1.54) is 37.1 Å². The minimum Gasteiger partial charge on any atom is -0.387 e. The molecule has 3 rings (SSSR count). The van der Waals surface area contributed by atoms with E-state index in [0.29, 0.717) is 19.6 Å². The van der Waals surface area contributed by atoms with Gasteiger partial charge in [0.15, 0.2) is 5.96 Å². The van der Waals surface area contributed by atoms with E-state index in [0.717, 1.165) is 45.4 Å². The number of aliphatic hydroxyl groups is 1. The van der Waals surface area contributed by atoms with Crippen LogP contribution in [0.1, 0.15) is 37.8 Å². The minimum absolute atomic E-state index is 0.449. The fourth-order valence-electron chi connectivity index (χ4n) is 4.03. The zero-order chi connectivity index (χ0) is 21.2. The molecule has 2 heterocycles. The number of aliphatic imine (C=N–C) groups is 1. The second-order valence-corrected chi connectivity index (χ2v) is 8.73. The van der Waals surface area contributed by atoms with Gasteiger partial charge in [-0.05, 0) is 50.9 Å². The Hall–Kier alpha value is -1.67. The lowest BCUT2D eigenvalue weighted by molar-refractivity contribution is -0.0201. The van der Waals surface area contributed by atoms with Gasteiger partial charge in [-0.3, -0.25) is 9.80 Å². The Bertz CT molecular complexity index is 650. The highest BCUT2D eigenvalue weighted by Gasteiger charge is 2.25. The number of hydrogen-bond acceptors (Lipinski definition) is 5. The number of nitrogens with one attached hydrogen (secondary N) is 2. The molecule has 2 fully saturated rings. The van der Waals surface area contributed by atoms with Gasteiger partial charge in [-0.2, -0.15) is 0 Å². The van der Waals surface area contributed by atoms with Gasteiger partial charge in [-0.15, -0.1) is 0 Å². The highest BCUT2D eigenvalue weighted by Crippen LogP contribution is 2.14. The van der Waals surface area contributed by atoms with Crippen LogP contribution in [0.25, 0.3) is 0 Å². The van der Waals surface area contributed by atoms with E-state index in [1.54, 1.807) is 0 Å². The van der Waals surface area contributed by atoms with Crippen LogP contribution in [0, 0.1) is 0 Å². The van der Waals surface area contributed by atoms with Gasteiger partial charge in [0.1, 0.15) is 0 Å². The average molecular weight is 418 g/mol. The summed E-state index contributed by atoms with van der Waals surface area (Å²) in [5.41, 5.74) is 1.73. The van der Waals surface area contributed by atoms with Crippen molar-refractivity contribution in [1.82, 2.24) is 20.4 Å². The smallest absolute Gasteiger partial charge is 0.191 e. The Balaban J connectivity index is 1.48. The number of likely N-dealkylation sites (tertiary alicyclic amines) is 1. The first-order valence-corrected chi connectivity index (χ1v) is 11.4. The van der Waals surface area contributed by atoms with Gasteiger partial charge in [0.05, 0.1) is 25.4 Å². The standard InChI is InChI=1S/C23H39N5O2/c1-3-24-22(26-18-23(2,29)19-28-12-14-30-15-13-28)25-16-20-6-8-21(9-7-20)17-27-10-4-5-11-27/h6-9,29H,3-5,10-19H2,1-2H3,(H2,24,25,26). The fourth-order valence-corrected chi connectivity index (χ4v) is 4.03. The van der Waals surface area contributed by atoms with Crippen molar-refractivity contribution < 1.29 is 9.84 Å². The second-order valence-electron chi connectivity index (χ2n) is 8.73. The number of hydrogen-bond donors (Lipinski definition) is 3. The third-order valence-electron chi connectivity index (χ3n) is 5.70. The van der Waals surface area contributed by atoms with E-state index in [9.17, 15) is 5.11 Å². The third-order valence-corrected chi connectivity index (χ3v) is 5.70. The van der Waals surface area contributed by atoms with Gasteiger partial charge in [0.25, 0.3) is 0 Å². The molecular formula is C23H39N5O2. The van der Waals surface area contributed by atoms with Gasteiger partial charge in [-0.25, -0.2) is 4.99 Å². The molecule has 0 saturated carbocycles. The molecule has 3 N–H and O–H groups in total. The van der Waals surface area contributed by atoms with Crippen molar-refractivity contribution in [3.05, 3.63) is 35.4 Å². The SMILES string of the molecule is CCNC(=NCc1ccc(CN2CCCC2)cc1)NCC(C)(O)CN1CCOCC1. The first-order chi connectivity index (χ1) is 14.5. The third kappa shape index (κ3) is 7.87. The molecule has 0 radical (unpaired) electrons. The summed E-state index contributed by atoms with van der Waals surface area (Å²) in [7, 11) is 0.